The summed E-state index contributed by atoms with van der Waals surface area (Å²) in [4.78, 5) is 18.3. The van der Waals surface area contributed by atoms with Gasteiger partial charge in [-0.2, -0.15) is 0 Å². The highest BCUT2D eigenvalue weighted by Crippen LogP contribution is 2.22. The number of benzene rings is 1. The molecular weight excluding hydrogens is 312 g/mol. The standard InChI is InChI=1S/C17H20N2O3S/c1-12(13-6-8-14(9-7-13)23(3)22)19(2)11-16-15(17(20)21)5-4-10-18-16/h4-10,12H,11H2,1-3H3,(H,20,21). The zero-order valence-corrected chi connectivity index (χ0v) is 14.2. The summed E-state index contributed by atoms with van der Waals surface area (Å²) >= 11 is 0. The Kier molecular flexibility index (Phi) is 5.63. The number of carbonyl (C=O) groups is 1. The summed E-state index contributed by atoms with van der Waals surface area (Å²) in [7, 11) is 0.938. The lowest BCUT2D eigenvalue weighted by atomic mass is 10.1. The van der Waals surface area contributed by atoms with Crippen molar-refractivity contribution >= 4 is 16.8 Å². The van der Waals surface area contributed by atoms with Crippen LogP contribution in [0.4, 0.5) is 0 Å². The molecule has 1 aromatic carbocycles. The van der Waals surface area contributed by atoms with Crippen LogP contribution in [0.2, 0.25) is 0 Å². The molecule has 122 valence electrons. The zero-order valence-electron chi connectivity index (χ0n) is 13.4. The van der Waals surface area contributed by atoms with E-state index in [4.69, 9.17) is 0 Å². The van der Waals surface area contributed by atoms with E-state index in [1.807, 2.05) is 43.1 Å². The van der Waals surface area contributed by atoms with E-state index in [0.29, 0.717) is 12.2 Å². The topological polar surface area (TPSA) is 70.5 Å². The van der Waals surface area contributed by atoms with Gasteiger partial charge in [-0.3, -0.25) is 14.1 Å². The Morgan fingerprint density at radius 2 is 1.96 bits per heavy atom. The average Bonchev–Trinajstić information content (AvgIpc) is 2.54. The van der Waals surface area contributed by atoms with Gasteiger partial charge >= 0.3 is 5.97 Å². The highest BCUT2D eigenvalue weighted by molar-refractivity contribution is 7.84. The molecule has 1 heterocycles. The summed E-state index contributed by atoms with van der Waals surface area (Å²) in [6.45, 7) is 2.48. The Morgan fingerprint density at radius 1 is 1.30 bits per heavy atom. The van der Waals surface area contributed by atoms with Crippen molar-refractivity contribution in [3.63, 3.8) is 0 Å². The summed E-state index contributed by atoms with van der Waals surface area (Å²) in [5.41, 5.74) is 1.85. The van der Waals surface area contributed by atoms with E-state index in [1.54, 1.807) is 24.6 Å². The molecule has 0 aliphatic carbocycles. The normalized spacial score (nSPS) is 13.7. The summed E-state index contributed by atoms with van der Waals surface area (Å²) in [5, 5.41) is 9.23. The van der Waals surface area contributed by atoms with E-state index in [0.717, 1.165) is 10.5 Å². The molecule has 0 aliphatic heterocycles. The number of hydrogen-bond acceptors (Lipinski definition) is 4. The Balaban J connectivity index is 2.15. The molecule has 23 heavy (non-hydrogen) atoms. The van der Waals surface area contributed by atoms with Crippen molar-refractivity contribution in [3.8, 4) is 0 Å². The molecule has 2 rings (SSSR count). The van der Waals surface area contributed by atoms with E-state index in [9.17, 15) is 14.1 Å². The first-order valence-corrected chi connectivity index (χ1v) is 8.76. The molecule has 2 unspecified atom stereocenters. The Labute approximate surface area is 138 Å². The molecule has 0 radical (unpaired) electrons. The number of carboxylic acids is 1. The van der Waals surface area contributed by atoms with Crippen molar-refractivity contribution in [2.45, 2.75) is 24.4 Å². The minimum Gasteiger partial charge on any atom is -0.478 e. The van der Waals surface area contributed by atoms with Crippen molar-refractivity contribution in [2.75, 3.05) is 13.3 Å². The number of rotatable bonds is 6. The van der Waals surface area contributed by atoms with Gasteiger partial charge in [0, 0.05) is 40.7 Å². The van der Waals surface area contributed by atoms with E-state index in [1.165, 1.54) is 0 Å². The molecule has 0 aliphatic rings. The fourth-order valence-electron chi connectivity index (χ4n) is 2.32. The fraction of sp³-hybridized carbons (Fsp3) is 0.294. The summed E-state index contributed by atoms with van der Waals surface area (Å²) in [5.74, 6) is -0.969. The van der Waals surface area contributed by atoms with Gasteiger partial charge in [-0.05, 0) is 43.8 Å². The van der Waals surface area contributed by atoms with Crippen LogP contribution in [0.5, 0.6) is 0 Å². The van der Waals surface area contributed by atoms with Gasteiger partial charge in [0.25, 0.3) is 0 Å². The lowest BCUT2D eigenvalue weighted by Gasteiger charge is -2.25. The van der Waals surface area contributed by atoms with Crippen LogP contribution in [-0.2, 0) is 17.3 Å². The molecule has 0 spiro atoms. The van der Waals surface area contributed by atoms with Crippen LogP contribution in [0.25, 0.3) is 0 Å². The third-order valence-electron chi connectivity index (χ3n) is 3.88. The van der Waals surface area contributed by atoms with Gasteiger partial charge in [-0.1, -0.05) is 12.1 Å². The van der Waals surface area contributed by atoms with Gasteiger partial charge in [-0.15, -0.1) is 0 Å². The van der Waals surface area contributed by atoms with Crippen molar-refractivity contribution in [1.29, 1.82) is 0 Å². The maximum absolute atomic E-state index is 11.4. The maximum Gasteiger partial charge on any atom is 0.337 e. The first-order valence-electron chi connectivity index (χ1n) is 7.21. The Bertz CT molecular complexity index is 716. The molecule has 6 heteroatoms. The molecule has 0 fully saturated rings. The number of hydrogen-bond donors (Lipinski definition) is 1. The first kappa shape index (κ1) is 17.3. The molecule has 5 nitrogen and oxygen atoms in total. The maximum atomic E-state index is 11.4. The summed E-state index contributed by atoms with van der Waals surface area (Å²) in [6.07, 6.45) is 3.25. The van der Waals surface area contributed by atoms with Crippen molar-refractivity contribution in [1.82, 2.24) is 9.88 Å². The third kappa shape index (κ3) is 4.24. The van der Waals surface area contributed by atoms with E-state index >= 15 is 0 Å². The number of pyridine rings is 1. The molecular formula is C17H20N2O3S. The largest absolute Gasteiger partial charge is 0.478 e. The van der Waals surface area contributed by atoms with Crippen molar-refractivity contribution in [3.05, 3.63) is 59.4 Å². The van der Waals surface area contributed by atoms with Crippen LogP contribution in [0.15, 0.2) is 47.5 Å². The van der Waals surface area contributed by atoms with Crippen LogP contribution in [0.1, 0.15) is 34.6 Å². The van der Waals surface area contributed by atoms with Gasteiger partial charge in [0.1, 0.15) is 0 Å². The first-order chi connectivity index (χ1) is 10.9. The quantitative estimate of drug-likeness (QED) is 0.881. The second kappa shape index (κ2) is 7.48. The lowest BCUT2D eigenvalue weighted by Crippen LogP contribution is -2.23. The minimum absolute atomic E-state index is 0.0815. The monoisotopic (exact) mass is 332 g/mol. The predicted molar refractivity (Wildman–Crippen MR) is 89.9 cm³/mol. The van der Waals surface area contributed by atoms with Crippen LogP contribution < -0.4 is 0 Å². The highest BCUT2D eigenvalue weighted by Gasteiger charge is 2.17. The molecule has 2 aromatic rings. The van der Waals surface area contributed by atoms with Crippen LogP contribution in [0, 0.1) is 0 Å². The van der Waals surface area contributed by atoms with Crippen LogP contribution in [-0.4, -0.2) is 38.5 Å². The molecule has 0 saturated heterocycles. The summed E-state index contributed by atoms with van der Waals surface area (Å²) in [6, 6.07) is 10.9. The average molecular weight is 332 g/mol. The lowest BCUT2D eigenvalue weighted by molar-refractivity contribution is 0.0693. The van der Waals surface area contributed by atoms with Gasteiger partial charge in [-0.25, -0.2) is 4.79 Å². The van der Waals surface area contributed by atoms with Crippen molar-refractivity contribution < 1.29 is 14.1 Å². The highest BCUT2D eigenvalue weighted by atomic mass is 32.2. The molecule has 2 atom stereocenters. The van der Waals surface area contributed by atoms with Crippen molar-refractivity contribution in [2.24, 2.45) is 0 Å². The Morgan fingerprint density at radius 3 is 2.52 bits per heavy atom. The van der Waals surface area contributed by atoms with Crippen LogP contribution in [0.3, 0.4) is 0 Å². The zero-order chi connectivity index (χ0) is 17.0. The molecule has 1 N–H and O–H groups in total. The van der Waals surface area contributed by atoms with Gasteiger partial charge in [0.2, 0.25) is 0 Å². The minimum atomic E-state index is -0.990. The number of aromatic carboxylic acids is 1. The third-order valence-corrected chi connectivity index (χ3v) is 4.81. The second-order valence-electron chi connectivity index (χ2n) is 5.42. The van der Waals surface area contributed by atoms with E-state index in [-0.39, 0.29) is 11.6 Å². The molecule has 0 bridgehead atoms. The Hall–Kier alpha value is -2.05. The van der Waals surface area contributed by atoms with Gasteiger partial charge in [0.05, 0.1) is 11.3 Å². The SMILES string of the molecule is CC(c1ccc(S(C)=O)cc1)N(C)Cc1ncccc1C(=O)O. The van der Waals surface area contributed by atoms with E-state index in [2.05, 4.69) is 4.98 Å². The number of nitrogens with zero attached hydrogens (tertiary/aromatic N) is 2. The fourth-order valence-corrected chi connectivity index (χ4v) is 2.84. The summed E-state index contributed by atoms with van der Waals surface area (Å²) < 4.78 is 11.4. The second-order valence-corrected chi connectivity index (χ2v) is 6.80. The van der Waals surface area contributed by atoms with Crippen LogP contribution >= 0.6 is 0 Å². The molecule has 1 aromatic heterocycles. The number of aromatic nitrogens is 1. The van der Waals surface area contributed by atoms with Gasteiger partial charge in [0.15, 0.2) is 0 Å². The molecule has 0 saturated carbocycles. The number of carboxylic acid groups (broad SMARTS) is 1. The molecule has 0 amide bonds. The van der Waals surface area contributed by atoms with Gasteiger partial charge < -0.3 is 5.11 Å². The predicted octanol–water partition coefficient (Wildman–Crippen LogP) is 2.71. The smallest absolute Gasteiger partial charge is 0.337 e. The van der Waals surface area contributed by atoms with E-state index < -0.39 is 16.8 Å².